The Balaban J connectivity index is 0.000000171. The van der Waals surface area contributed by atoms with Gasteiger partial charge in [0, 0.05) is 13.6 Å². The third kappa shape index (κ3) is 2.80. The molecule has 0 unspecified atom stereocenters. The second-order valence-electron chi connectivity index (χ2n) is 3.41. The standard InChI is InChI=1S/C5H10N4.C4H8N4/c1-2-9-5(7)4(6)3-8-9;1-8-4(6)3(5)2-7-8/h3H,2,6-7H2,1H3;2H,5-6H2,1H3. The number of aryl methyl sites for hydroxylation is 2. The van der Waals surface area contributed by atoms with E-state index in [4.69, 9.17) is 22.9 Å². The molecule has 2 aromatic rings. The van der Waals surface area contributed by atoms with Crippen molar-refractivity contribution in [1.29, 1.82) is 0 Å². The molecule has 0 bridgehead atoms. The predicted molar refractivity (Wildman–Crippen MR) is 68.8 cm³/mol. The van der Waals surface area contributed by atoms with Crippen molar-refractivity contribution in [1.82, 2.24) is 19.6 Å². The lowest BCUT2D eigenvalue weighted by Gasteiger charge is -1.96. The first-order valence-electron chi connectivity index (χ1n) is 5.07. The van der Waals surface area contributed by atoms with Crippen molar-refractivity contribution in [2.45, 2.75) is 13.5 Å². The average Bonchev–Trinajstić information content (AvgIpc) is 2.79. The maximum atomic E-state index is 5.49. The molecule has 0 aromatic carbocycles. The Morgan fingerprint density at radius 1 is 1.00 bits per heavy atom. The summed E-state index contributed by atoms with van der Waals surface area (Å²) >= 11 is 0. The fraction of sp³-hybridized carbons (Fsp3) is 0.333. The summed E-state index contributed by atoms with van der Waals surface area (Å²) in [5, 5.41) is 7.68. The van der Waals surface area contributed by atoms with E-state index in [9.17, 15) is 0 Å². The van der Waals surface area contributed by atoms with Crippen molar-refractivity contribution in [3.63, 3.8) is 0 Å². The van der Waals surface area contributed by atoms with Crippen molar-refractivity contribution in [3.05, 3.63) is 12.4 Å². The summed E-state index contributed by atoms with van der Waals surface area (Å²) in [4.78, 5) is 0. The molecule has 0 atom stereocenters. The molecule has 17 heavy (non-hydrogen) atoms. The quantitative estimate of drug-likeness (QED) is 0.535. The summed E-state index contributed by atoms with van der Waals surface area (Å²) in [6.45, 7) is 2.73. The molecule has 0 aliphatic carbocycles. The van der Waals surface area contributed by atoms with Gasteiger partial charge in [0.05, 0.1) is 23.8 Å². The van der Waals surface area contributed by atoms with Gasteiger partial charge in [-0.3, -0.25) is 4.68 Å². The Morgan fingerprint density at radius 3 is 1.71 bits per heavy atom. The van der Waals surface area contributed by atoms with Gasteiger partial charge in [0.25, 0.3) is 0 Å². The van der Waals surface area contributed by atoms with E-state index in [1.807, 2.05) is 6.92 Å². The van der Waals surface area contributed by atoms with Gasteiger partial charge < -0.3 is 22.9 Å². The summed E-state index contributed by atoms with van der Waals surface area (Å²) in [6, 6.07) is 0. The van der Waals surface area contributed by atoms with Crippen molar-refractivity contribution in [3.8, 4) is 0 Å². The number of hydrogen-bond acceptors (Lipinski definition) is 6. The van der Waals surface area contributed by atoms with Gasteiger partial charge in [0.2, 0.25) is 0 Å². The van der Waals surface area contributed by atoms with E-state index >= 15 is 0 Å². The normalized spacial score (nSPS) is 9.76. The van der Waals surface area contributed by atoms with Gasteiger partial charge in [-0.25, -0.2) is 4.68 Å². The number of anilines is 4. The minimum Gasteiger partial charge on any atom is -0.394 e. The maximum absolute atomic E-state index is 5.49. The lowest BCUT2D eigenvalue weighted by Crippen LogP contribution is -2.02. The van der Waals surface area contributed by atoms with Gasteiger partial charge in [-0.05, 0) is 6.92 Å². The van der Waals surface area contributed by atoms with E-state index in [1.54, 1.807) is 17.9 Å². The Hall–Kier alpha value is -2.38. The molecule has 2 rings (SSSR count). The van der Waals surface area contributed by atoms with Crippen molar-refractivity contribution >= 4 is 23.0 Å². The van der Waals surface area contributed by atoms with Gasteiger partial charge in [-0.15, -0.1) is 0 Å². The largest absolute Gasteiger partial charge is 0.394 e. The van der Waals surface area contributed by atoms with Gasteiger partial charge in [0.1, 0.15) is 11.6 Å². The van der Waals surface area contributed by atoms with E-state index in [2.05, 4.69) is 10.2 Å². The first kappa shape index (κ1) is 12.7. The van der Waals surface area contributed by atoms with Crippen LogP contribution in [0.15, 0.2) is 12.4 Å². The Morgan fingerprint density at radius 2 is 1.53 bits per heavy atom. The zero-order valence-corrected chi connectivity index (χ0v) is 9.96. The van der Waals surface area contributed by atoms with Crippen molar-refractivity contribution in [2.75, 3.05) is 22.9 Å². The zero-order chi connectivity index (χ0) is 13.0. The van der Waals surface area contributed by atoms with Crippen molar-refractivity contribution in [2.24, 2.45) is 7.05 Å². The predicted octanol–water partition coefficient (Wildman–Crippen LogP) is -0.348. The molecule has 8 heteroatoms. The molecule has 0 aliphatic rings. The number of hydrogen-bond donors (Lipinski definition) is 4. The molecule has 8 nitrogen and oxygen atoms in total. The van der Waals surface area contributed by atoms with Crippen LogP contribution in [0.3, 0.4) is 0 Å². The maximum Gasteiger partial charge on any atom is 0.145 e. The number of nitrogens with zero attached hydrogens (tertiary/aromatic N) is 4. The van der Waals surface area contributed by atoms with Crippen LogP contribution in [-0.2, 0) is 13.6 Å². The smallest absolute Gasteiger partial charge is 0.145 e. The van der Waals surface area contributed by atoms with E-state index in [-0.39, 0.29) is 0 Å². The molecule has 2 heterocycles. The van der Waals surface area contributed by atoms with E-state index in [0.717, 1.165) is 6.54 Å². The molecule has 0 radical (unpaired) electrons. The highest BCUT2D eigenvalue weighted by Crippen LogP contribution is 2.11. The highest BCUT2D eigenvalue weighted by Gasteiger charge is 1.99. The molecule has 2 aromatic heterocycles. The molecular formula is C9H18N8. The van der Waals surface area contributed by atoms with Crippen molar-refractivity contribution < 1.29 is 0 Å². The molecule has 94 valence electrons. The lowest BCUT2D eigenvalue weighted by molar-refractivity contribution is 0.670. The van der Waals surface area contributed by atoms with Gasteiger partial charge >= 0.3 is 0 Å². The van der Waals surface area contributed by atoms with E-state index < -0.39 is 0 Å². The van der Waals surface area contributed by atoms with Crippen LogP contribution >= 0.6 is 0 Å². The molecule has 0 saturated heterocycles. The van der Waals surface area contributed by atoms with Gasteiger partial charge in [-0.2, -0.15) is 10.2 Å². The Labute approximate surface area is 99.2 Å². The molecule has 0 amide bonds. The first-order chi connectivity index (χ1) is 7.97. The van der Waals surface area contributed by atoms with Crippen LogP contribution in [0.1, 0.15) is 6.92 Å². The Bertz CT molecular complexity index is 464. The van der Waals surface area contributed by atoms with E-state index in [0.29, 0.717) is 23.0 Å². The summed E-state index contributed by atoms with van der Waals surface area (Å²) in [5.74, 6) is 1.07. The molecule has 0 aliphatic heterocycles. The summed E-state index contributed by atoms with van der Waals surface area (Å²) in [6.07, 6.45) is 3.08. The summed E-state index contributed by atoms with van der Waals surface area (Å²) in [7, 11) is 1.74. The lowest BCUT2D eigenvalue weighted by atomic mass is 10.5. The topological polar surface area (TPSA) is 140 Å². The molecular weight excluding hydrogens is 220 g/mol. The number of nitrogens with two attached hydrogens (primary N) is 4. The highest BCUT2D eigenvalue weighted by molar-refractivity contribution is 5.57. The van der Waals surface area contributed by atoms with Crippen LogP contribution in [-0.4, -0.2) is 19.6 Å². The van der Waals surface area contributed by atoms with Gasteiger partial charge in [0.15, 0.2) is 0 Å². The molecule has 8 N–H and O–H groups in total. The zero-order valence-electron chi connectivity index (χ0n) is 9.96. The van der Waals surface area contributed by atoms with Crippen LogP contribution in [0.25, 0.3) is 0 Å². The average molecular weight is 238 g/mol. The summed E-state index contributed by atoms with van der Waals surface area (Å²) < 4.78 is 3.17. The third-order valence-electron chi connectivity index (χ3n) is 2.22. The van der Waals surface area contributed by atoms with Crippen LogP contribution in [0.2, 0.25) is 0 Å². The molecule has 0 saturated carbocycles. The number of rotatable bonds is 1. The van der Waals surface area contributed by atoms with Crippen LogP contribution < -0.4 is 22.9 Å². The fourth-order valence-corrected chi connectivity index (χ4v) is 1.13. The van der Waals surface area contributed by atoms with Gasteiger partial charge in [-0.1, -0.05) is 0 Å². The minimum atomic E-state index is 0.519. The monoisotopic (exact) mass is 238 g/mol. The number of nitrogen functional groups attached to an aromatic ring is 4. The highest BCUT2D eigenvalue weighted by atomic mass is 15.3. The second-order valence-corrected chi connectivity index (χ2v) is 3.41. The second kappa shape index (κ2) is 5.10. The fourth-order valence-electron chi connectivity index (χ4n) is 1.13. The SMILES string of the molecule is CCn1ncc(N)c1N.Cn1ncc(N)c1N. The van der Waals surface area contributed by atoms with Crippen LogP contribution in [0.5, 0.6) is 0 Å². The number of aromatic nitrogens is 4. The third-order valence-corrected chi connectivity index (χ3v) is 2.22. The Kier molecular flexibility index (Phi) is 3.81. The summed E-state index contributed by atoms with van der Waals surface area (Å²) in [5.41, 5.74) is 22.7. The van der Waals surface area contributed by atoms with Crippen LogP contribution in [0.4, 0.5) is 23.0 Å². The molecule has 0 spiro atoms. The van der Waals surface area contributed by atoms with Crippen LogP contribution in [0, 0.1) is 0 Å². The first-order valence-corrected chi connectivity index (χ1v) is 5.07. The molecule has 0 fully saturated rings. The minimum absolute atomic E-state index is 0.519. The van der Waals surface area contributed by atoms with E-state index in [1.165, 1.54) is 10.9 Å².